The van der Waals surface area contributed by atoms with Crippen LogP contribution in [-0.4, -0.2) is 5.11 Å². The van der Waals surface area contributed by atoms with Gasteiger partial charge in [-0.3, -0.25) is 0 Å². The molecule has 14 heavy (non-hydrogen) atoms. The van der Waals surface area contributed by atoms with E-state index in [1.165, 1.54) is 6.07 Å². The van der Waals surface area contributed by atoms with Crippen LogP contribution in [-0.2, 0) is 6.18 Å². The van der Waals surface area contributed by atoms with Crippen LogP contribution in [0.1, 0.15) is 16.7 Å². The molecule has 1 aromatic rings. The average molecular weight is 202 g/mol. The predicted molar refractivity (Wildman–Crippen MR) is 47.8 cm³/mol. The molecular weight excluding hydrogens is 193 g/mol. The fourth-order valence-corrected chi connectivity index (χ4v) is 1.11. The van der Waals surface area contributed by atoms with Gasteiger partial charge in [0.25, 0.3) is 0 Å². The van der Waals surface area contributed by atoms with Crippen molar-refractivity contribution in [2.75, 3.05) is 0 Å². The van der Waals surface area contributed by atoms with E-state index in [4.69, 9.17) is 5.11 Å². The van der Waals surface area contributed by atoms with Crippen LogP contribution < -0.4 is 0 Å². The van der Waals surface area contributed by atoms with E-state index >= 15 is 0 Å². The summed E-state index contributed by atoms with van der Waals surface area (Å²) < 4.78 is 36.8. The second-order valence-electron chi connectivity index (χ2n) is 2.97. The third kappa shape index (κ3) is 2.07. The van der Waals surface area contributed by atoms with Crippen molar-refractivity contribution in [2.24, 2.45) is 0 Å². The summed E-state index contributed by atoms with van der Waals surface area (Å²) in [7, 11) is 0. The van der Waals surface area contributed by atoms with Crippen LogP contribution in [0.15, 0.2) is 24.8 Å². The molecule has 0 saturated heterocycles. The van der Waals surface area contributed by atoms with Crippen molar-refractivity contribution in [3.8, 4) is 0 Å². The lowest BCUT2D eigenvalue weighted by molar-refractivity contribution is -0.137. The Kier molecular flexibility index (Phi) is 2.55. The number of halogens is 3. The fourth-order valence-electron chi connectivity index (χ4n) is 1.11. The molecular formula is C10H9F3O. The first-order valence-electron chi connectivity index (χ1n) is 3.88. The van der Waals surface area contributed by atoms with Crippen molar-refractivity contribution >= 4 is 5.76 Å². The van der Waals surface area contributed by atoms with Gasteiger partial charge < -0.3 is 5.11 Å². The molecule has 0 radical (unpaired) electrons. The Morgan fingerprint density at radius 3 is 2.36 bits per heavy atom. The molecule has 0 spiro atoms. The Hall–Kier alpha value is -1.45. The minimum absolute atomic E-state index is 0.125. The highest BCUT2D eigenvalue weighted by molar-refractivity contribution is 5.60. The molecule has 0 bridgehead atoms. The van der Waals surface area contributed by atoms with Crippen LogP contribution >= 0.6 is 0 Å². The summed E-state index contributed by atoms with van der Waals surface area (Å²) in [5.41, 5.74) is -0.0985. The summed E-state index contributed by atoms with van der Waals surface area (Å²) in [6, 6.07) is 3.17. The molecule has 0 fully saturated rings. The lowest BCUT2D eigenvalue weighted by Crippen LogP contribution is -2.05. The molecule has 76 valence electrons. The second kappa shape index (κ2) is 3.36. The smallest absolute Gasteiger partial charge is 0.416 e. The zero-order valence-electron chi connectivity index (χ0n) is 7.52. The summed E-state index contributed by atoms with van der Waals surface area (Å²) >= 11 is 0. The number of hydrogen-bond donors (Lipinski definition) is 1. The largest absolute Gasteiger partial charge is 0.508 e. The van der Waals surface area contributed by atoms with E-state index < -0.39 is 11.7 Å². The highest BCUT2D eigenvalue weighted by Crippen LogP contribution is 2.31. The topological polar surface area (TPSA) is 20.2 Å². The summed E-state index contributed by atoms with van der Waals surface area (Å²) in [4.78, 5) is 0. The van der Waals surface area contributed by atoms with Crippen molar-refractivity contribution in [2.45, 2.75) is 13.1 Å². The minimum Gasteiger partial charge on any atom is -0.508 e. The minimum atomic E-state index is -4.39. The number of aryl methyl sites for hydroxylation is 1. The second-order valence-corrected chi connectivity index (χ2v) is 2.97. The van der Waals surface area contributed by atoms with Gasteiger partial charge in [0.2, 0.25) is 0 Å². The first-order chi connectivity index (χ1) is 6.32. The van der Waals surface area contributed by atoms with E-state index in [9.17, 15) is 13.2 Å². The molecule has 0 heterocycles. The normalized spacial score (nSPS) is 11.4. The molecule has 0 atom stereocenters. The van der Waals surface area contributed by atoms with Gasteiger partial charge >= 0.3 is 6.18 Å². The molecule has 1 aromatic carbocycles. The number of aliphatic hydroxyl groups is 1. The average Bonchev–Trinajstić information content (AvgIpc) is 2.02. The molecule has 1 N–H and O–H groups in total. The lowest BCUT2D eigenvalue weighted by Gasteiger charge is -2.10. The zero-order chi connectivity index (χ0) is 10.9. The number of rotatable bonds is 1. The van der Waals surface area contributed by atoms with Gasteiger partial charge in [0.15, 0.2) is 0 Å². The Labute approximate surface area is 79.5 Å². The maximum atomic E-state index is 12.3. The molecule has 0 amide bonds. The SMILES string of the molecule is C=C(O)c1cc(C(F)(F)F)ccc1C. The van der Waals surface area contributed by atoms with Gasteiger partial charge in [-0.2, -0.15) is 13.2 Å². The molecule has 0 aromatic heterocycles. The quantitative estimate of drug-likeness (QED) is 0.690. The van der Waals surface area contributed by atoms with Crippen LogP contribution in [0.3, 0.4) is 0 Å². The van der Waals surface area contributed by atoms with Gasteiger partial charge in [-0.1, -0.05) is 12.6 Å². The highest BCUT2D eigenvalue weighted by atomic mass is 19.4. The lowest BCUT2D eigenvalue weighted by atomic mass is 10.0. The Bertz CT molecular complexity index is 366. The number of alkyl halides is 3. The first kappa shape index (κ1) is 10.6. The van der Waals surface area contributed by atoms with E-state index in [1.54, 1.807) is 6.92 Å². The summed E-state index contributed by atoms with van der Waals surface area (Å²) in [5.74, 6) is -0.353. The number of aliphatic hydroxyl groups excluding tert-OH is 1. The van der Waals surface area contributed by atoms with Crippen LogP contribution in [0.4, 0.5) is 13.2 Å². The zero-order valence-corrected chi connectivity index (χ0v) is 7.52. The standard InChI is InChI=1S/C10H9F3O/c1-6-3-4-8(10(11,12)13)5-9(6)7(2)14/h3-5,14H,2H2,1H3. The number of hydrogen-bond acceptors (Lipinski definition) is 1. The van der Waals surface area contributed by atoms with Gasteiger partial charge in [-0.15, -0.1) is 0 Å². The Balaban J connectivity index is 3.27. The van der Waals surface area contributed by atoms with Crippen LogP contribution in [0, 0.1) is 6.92 Å². The van der Waals surface area contributed by atoms with E-state index in [0.717, 1.165) is 12.1 Å². The molecule has 0 saturated carbocycles. The fraction of sp³-hybridized carbons (Fsp3) is 0.200. The Morgan fingerprint density at radius 2 is 1.93 bits per heavy atom. The van der Waals surface area contributed by atoms with Crippen LogP contribution in [0.2, 0.25) is 0 Å². The molecule has 0 unspecified atom stereocenters. The van der Waals surface area contributed by atoms with Gasteiger partial charge in [0, 0.05) is 5.56 Å². The van der Waals surface area contributed by atoms with Gasteiger partial charge in [0.05, 0.1) is 5.56 Å². The Morgan fingerprint density at radius 1 is 1.36 bits per heavy atom. The number of benzene rings is 1. The molecule has 4 heteroatoms. The predicted octanol–water partition coefficient (Wildman–Crippen LogP) is 3.54. The summed E-state index contributed by atoms with van der Waals surface area (Å²) in [6.07, 6.45) is -4.39. The molecule has 1 rings (SSSR count). The van der Waals surface area contributed by atoms with Crippen molar-refractivity contribution in [1.29, 1.82) is 0 Å². The maximum absolute atomic E-state index is 12.3. The van der Waals surface area contributed by atoms with Gasteiger partial charge in [0.1, 0.15) is 5.76 Å². The summed E-state index contributed by atoms with van der Waals surface area (Å²) in [5, 5.41) is 9.03. The third-order valence-corrected chi connectivity index (χ3v) is 1.88. The van der Waals surface area contributed by atoms with E-state index in [2.05, 4.69) is 6.58 Å². The van der Waals surface area contributed by atoms with Crippen LogP contribution in [0.5, 0.6) is 0 Å². The molecule has 0 aliphatic carbocycles. The molecule has 0 aliphatic rings. The third-order valence-electron chi connectivity index (χ3n) is 1.88. The van der Waals surface area contributed by atoms with Gasteiger partial charge in [-0.05, 0) is 24.6 Å². The van der Waals surface area contributed by atoms with E-state index in [1.807, 2.05) is 0 Å². The highest BCUT2D eigenvalue weighted by Gasteiger charge is 2.30. The van der Waals surface area contributed by atoms with Crippen molar-refractivity contribution < 1.29 is 18.3 Å². The van der Waals surface area contributed by atoms with Crippen LogP contribution in [0.25, 0.3) is 5.76 Å². The monoisotopic (exact) mass is 202 g/mol. The maximum Gasteiger partial charge on any atom is 0.416 e. The van der Waals surface area contributed by atoms with E-state index in [-0.39, 0.29) is 11.3 Å². The first-order valence-corrected chi connectivity index (χ1v) is 3.88. The van der Waals surface area contributed by atoms with Crippen molar-refractivity contribution in [3.05, 3.63) is 41.5 Å². The molecule has 0 aliphatic heterocycles. The van der Waals surface area contributed by atoms with Crippen molar-refractivity contribution in [3.63, 3.8) is 0 Å². The molecule has 1 nitrogen and oxygen atoms in total. The summed E-state index contributed by atoms with van der Waals surface area (Å²) in [6.45, 7) is 4.81. The van der Waals surface area contributed by atoms with Crippen molar-refractivity contribution in [1.82, 2.24) is 0 Å². The van der Waals surface area contributed by atoms with Gasteiger partial charge in [-0.25, -0.2) is 0 Å². The van der Waals surface area contributed by atoms with E-state index in [0.29, 0.717) is 5.56 Å².